The monoisotopic (exact) mass is 259 g/mol. The van der Waals surface area contributed by atoms with E-state index in [9.17, 15) is 5.11 Å². The van der Waals surface area contributed by atoms with Gasteiger partial charge in [-0.1, -0.05) is 5.11 Å². The van der Waals surface area contributed by atoms with E-state index < -0.39 is 36.4 Å². The van der Waals surface area contributed by atoms with Gasteiger partial charge in [0.05, 0.1) is 12.6 Å². The molecule has 102 valence electrons. The number of methoxy groups -OCH3 is 1. The van der Waals surface area contributed by atoms with Crippen molar-refractivity contribution in [2.24, 2.45) is 5.11 Å². The molecule has 2 aliphatic rings. The maximum atomic E-state index is 10.0. The second-order valence-electron chi connectivity index (χ2n) is 4.76. The number of nitrogens with zero attached hydrogens (tertiary/aromatic N) is 3. The first-order chi connectivity index (χ1) is 8.48. The van der Waals surface area contributed by atoms with Gasteiger partial charge in [0.15, 0.2) is 12.1 Å². The summed E-state index contributed by atoms with van der Waals surface area (Å²) in [4.78, 5) is 2.75. The van der Waals surface area contributed by atoms with E-state index in [1.807, 2.05) is 0 Å². The van der Waals surface area contributed by atoms with Gasteiger partial charge in [-0.05, 0) is 19.4 Å². The molecule has 0 amide bonds. The highest BCUT2D eigenvalue weighted by Gasteiger charge is 2.50. The van der Waals surface area contributed by atoms with Crippen LogP contribution in [0, 0.1) is 0 Å². The van der Waals surface area contributed by atoms with Crippen LogP contribution in [-0.2, 0) is 18.9 Å². The molecule has 2 fully saturated rings. The molecule has 0 radical (unpaired) electrons. The molecule has 2 aliphatic heterocycles. The molecule has 0 aromatic rings. The fourth-order valence-electron chi connectivity index (χ4n) is 2.22. The number of ether oxygens (including phenoxy) is 4. The van der Waals surface area contributed by atoms with Gasteiger partial charge in [0.25, 0.3) is 0 Å². The first kappa shape index (κ1) is 13.5. The number of aliphatic hydroxyl groups excluding tert-OH is 1. The summed E-state index contributed by atoms with van der Waals surface area (Å²) in [5.41, 5.74) is 8.59. The highest BCUT2D eigenvalue weighted by molar-refractivity contribution is 4.97. The van der Waals surface area contributed by atoms with Crippen LogP contribution in [0.2, 0.25) is 0 Å². The van der Waals surface area contributed by atoms with Crippen molar-refractivity contribution in [3.05, 3.63) is 10.4 Å². The first-order valence-electron chi connectivity index (χ1n) is 5.71. The van der Waals surface area contributed by atoms with Crippen LogP contribution in [0.1, 0.15) is 13.8 Å². The van der Waals surface area contributed by atoms with Crippen molar-refractivity contribution < 1.29 is 24.1 Å². The van der Waals surface area contributed by atoms with Crippen molar-refractivity contribution in [2.75, 3.05) is 13.7 Å². The zero-order chi connectivity index (χ0) is 13.3. The summed E-state index contributed by atoms with van der Waals surface area (Å²) in [5.74, 6) is -0.798. The van der Waals surface area contributed by atoms with E-state index in [4.69, 9.17) is 24.5 Å². The van der Waals surface area contributed by atoms with Gasteiger partial charge < -0.3 is 24.1 Å². The molecule has 8 heteroatoms. The topological polar surface area (TPSA) is 106 Å². The molecule has 0 bridgehead atoms. The standard InChI is InChI=1S/C10H17N3O5/c1-10(2)16-4-5-8(18-10)6(12-13-11)7(14)9(15-3)17-5/h5-9,14H,4H2,1-3H3/t5?,6-,7?,8-,9+/m1/s1. The van der Waals surface area contributed by atoms with E-state index in [0.29, 0.717) is 6.61 Å². The third-order valence-corrected chi connectivity index (χ3v) is 3.07. The molecular weight excluding hydrogens is 242 g/mol. The summed E-state index contributed by atoms with van der Waals surface area (Å²) in [6, 6.07) is -0.762. The molecule has 2 rings (SSSR count). The summed E-state index contributed by atoms with van der Waals surface area (Å²) >= 11 is 0. The number of rotatable bonds is 2. The molecule has 8 nitrogen and oxygen atoms in total. The van der Waals surface area contributed by atoms with Gasteiger partial charge in [0.2, 0.25) is 0 Å². The Bertz CT molecular complexity index is 357. The minimum absolute atomic E-state index is 0.293. The lowest BCUT2D eigenvalue weighted by molar-refractivity contribution is -0.362. The van der Waals surface area contributed by atoms with Gasteiger partial charge in [-0.3, -0.25) is 0 Å². The van der Waals surface area contributed by atoms with Crippen molar-refractivity contribution in [1.29, 1.82) is 0 Å². The molecule has 2 heterocycles. The zero-order valence-electron chi connectivity index (χ0n) is 10.5. The van der Waals surface area contributed by atoms with E-state index in [-0.39, 0.29) is 0 Å². The second kappa shape index (κ2) is 5.00. The van der Waals surface area contributed by atoms with Crippen LogP contribution < -0.4 is 0 Å². The summed E-state index contributed by atoms with van der Waals surface area (Å²) in [7, 11) is 1.41. The normalized spacial score (nSPS) is 42.8. The quantitative estimate of drug-likeness (QED) is 0.443. The third kappa shape index (κ3) is 2.44. The van der Waals surface area contributed by atoms with Crippen LogP contribution in [0.3, 0.4) is 0 Å². The maximum Gasteiger partial charge on any atom is 0.184 e. The Labute approximate surface area is 104 Å². The third-order valence-electron chi connectivity index (χ3n) is 3.07. The number of hydrogen-bond acceptors (Lipinski definition) is 6. The second-order valence-corrected chi connectivity index (χ2v) is 4.76. The maximum absolute atomic E-state index is 10.0. The molecule has 2 unspecified atom stereocenters. The van der Waals surface area contributed by atoms with Gasteiger partial charge in [0.1, 0.15) is 18.3 Å². The lowest BCUT2D eigenvalue weighted by Crippen LogP contribution is -2.64. The Kier molecular flexibility index (Phi) is 3.76. The van der Waals surface area contributed by atoms with Crippen molar-refractivity contribution >= 4 is 0 Å². The van der Waals surface area contributed by atoms with Crippen molar-refractivity contribution in [3.63, 3.8) is 0 Å². The Hall–Kier alpha value is -0.890. The average Bonchev–Trinajstić information content (AvgIpc) is 2.32. The van der Waals surface area contributed by atoms with Gasteiger partial charge >= 0.3 is 0 Å². The molecule has 0 aromatic carbocycles. The summed E-state index contributed by atoms with van der Waals surface area (Å²) in [6.07, 6.45) is -2.90. The smallest absolute Gasteiger partial charge is 0.184 e. The highest BCUT2D eigenvalue weighted by Crippen LogP contribution is 2.33. The summed E-state index contributed by atoms with van der Waals surface area (Å²) < 4.78 is 21.7. The molecule has 2 saturated heterocycles. The average molecular weight is 259 g/mol. The van der Waals surface area contributed by atoms with Crippen LogP contribution in [0.25, 0.3) is 10.4 Å². The van der Waals surface area contributed by atoms with Gasteiger partial charge in [-0.25, -0.2) is 0 Å². The molecule has 5 atom stereocenters. The molecule has 0 aromatic heterocycles. The highest BCUT2D eigenvalue weighted by atomic mass is 16.8. The predicted molar refractivity (Wildman–Crippen MR) is 59.5 cm³/mol. The zero-order valence-corrected chi connectivity index (χ0v) is 10.5. The molecular formula is C10H17N3O5. The van der Waals surface area contributed by atoms with E-state index in [0.717, 1.165) is 0 Å². The van der Waals surface area contributed by atoms with Crippen LogP contribution in [0.4, 0.5) is 0 Å². The lowest BCUT2D eigenvalue weighted by atomic mass is 9.95. The van der Waals surface area contributed by atoms with E-state index >= 15 is 0 Å². The Morgan fingerprint density at radius 1 is 1.50 bits per heavy atom. The van der Waals surface area contributed by atoms with E-state index in [1.54, 1.807) is 13.8 Å². The molecule has 1 N–H and O–H groups in total. The summed E-state index contributed by atoms with van der Waals surface area (Å²) in [6.45, 7) is 3.80. The summed E-state index contributed by atoms with van der Waals surface area (Å²) in [5, 5.41) is 13.6. The van der Waals surface area contributed by atoms with Crippen LogP contribution in [-0.4, -0.2) is 55.3 Å². The molecule has 0 aliphatic carbocycles. The Balaban J connectivity index is 2.23. The predicted octanol–water partition coefficient (Wildman–Crippen LogP) is 0.549. The Morgan fingerprint density at radius 2 is 2.22 bits per heavy atom. The molecule has 0 spiro atoms. The first-order valence-corrected chi connectivity index (χ1v) is 5.71. The van der Waals surface area contributed by atoms with Crippen LogP contribution in [0.5, 0.6) is 0 Å². The number of fused-ring (bicyclic) bond motifs is 1. The van der Waals surface area contributed by atoms with Crippen molar-refractivity contribution in [3.8, 4) is 0 Å². The van der Waals surface area contributed by atoms with Crippen LogP contribution in [0.15, 0.2) is 5.11 Å². The van der Waals surface area contributed by atoms with Crippen molar-refractivity contribution in [2.45, 2.75) is 50.3 Å². The Morgan fingerprint density at radius 3 is 2.83 bits per heavy atom. The van der Waals surface area contributed by atoms with E-state index in [1.165, 1.54) is 7.11 Å². The number of hydrogen-bond donors (Lipinski definition) is 1. The van der Waals surface area contributed by atoms with Gasteiger partial charge in [-0.15, -0.1) is 0 Å². The van der Waals surface area contributed by atoms with Gasteiger partial charge in [0, 0.05) is 12.0 Å². The minimum Gasteiger partial charge on any atom is -0.387 e. The van der Waals surface area contributed by atoms with E-state index in [2.05, 4.69) is 10.0 Å². The van der Waals surface area contributed by atoms with Gasteiger partial charge in [-0.2, -0.15) is 0 Å². The lowest BCUT2D eigenvalue weighted by Gasteiger charge is -2.48. The van der Waals surface area contributed by atoms with Crippen molar-refractivity contribution in [1.82, 2.24) is 0 Å². The molecule has 0 saturated carbocycles. The minimum atomic E-state index is -1.07. The number of aliphatic hydroxyl groups is 1. The fourth-order valence-corrected chi connectivity index (χ4v) is 2.22. The molecule has 18 heavy (non-hydrogen) atoms. The number of azide groups is 1. The SMILES string of the molecule is CO[C@H]1OC2COC(C)(C)O[C@H]2[C@H](N=[N+]=[N-])C1O. The fraction of sp³-hybridized carbons (Fsp3) is 1.00. The van der Waals surface area contributed by atoms with Crippen LogP contribution >= 0.6 is 0 Å². The largest absolute Gasteiger partial charge is 0.387 e.